The van der Waals surface area contributed by atoms with Gasteiger partial charge in [-0.05, 0) is 25.3 Å². The molecular weight excluding hydrogens is 190 g/mol. The van der Waals surface area contributed by atoms with E-state index in [0.29, 0.717) is 6.42 Å². The molecule has 1 aromatic rings. The predicted molar refractivity (Wildman–Crippen MR) is 57.5 cm³/mol. The molecule has 3 nitrogen and oxygen atoms in total. The number of carbonyl (C=O) groups is 1. The normalized spacial score (nSPS) is 10.2. The molecule has 0 bridgehead atoms. The van der Waals surface area contributed by atoms with Crippen LogP contribution in [0.15, 0.2) is 24.5 Å². The Hall–Kier alpha value is -1.38. The highest BCUT2D eigenvalue weighted by molar-refractivity contribution is 5.66. The molecule has 1 N–H and O–H groups in total. The van der Waals surface area contributed by atoms with Crippen LogP contribution in [0.4, 0.5) is 0 Å². The second-order valence-electron chi connectivity index (χ2n) is 3.82. The summed E-state index contributed by atoms with van der Waals surface area (Å²) in [6.07, 6.45) is 7.22. The smallest absolute Gasteiger partial charge is 0.303 e. The van der Waals surface area contributed by atoms with Gasteiger partial charge in [0.15, 0.2) is 12.4 Å². The fourth-order valence-corrected chi connectivity index (χ4v) is 1.43. The predicted octanol–water partition coefficient (Wildman–Crippen LogP) is 1.93. The molecular formula is C12H18NO2+. The Kier molecular flexibility index (Phi) is 4.81. The van der Waals surface area contributed by atoms with Crippen molar-refractivity contribution >= 4 is 5.97 Å². The Labute approximate surface area is 90.4 Å². The summed E-state index contributed by atoms with van der Waals surface area (Å²) in [6, 6.07) is 4.16. The minimum absolute atomic E-state index is 0.290. The zero-order valence-corrected chi connectivity index (χ0v) is 9.15. The van der Waals surface area contributed by atoms with Gasteiger partial charge in [-0.15, -0.1) is 0 Å². The third kappa shape index (κ3) is 5.15. The van der Waals surface area contributed by atoms with E-state index in [-0.39, 0.29) is 0 Å². The number of carboxylic acids is 1. The van der Waals surface area contributed by atoms with Crippen molar-refractivity contribution < 1.29 is 14.5 Å². The maximum absolute atomic E-state index is 10.3. The molecule has 82 valence electrons. The van der Waals surface area contributed by atoms with Crippen molar-refractivity contribution in [2.75, 3.05) is 0 Å². The van der Waals surface area contributed by atoms with Crippen LogP contribution in [0.1, 0.15) is 31.2 Å². The maximum atomic E-state index is 10.3. The first kappa shape index (κ1) is 11.7. The zero-order valence-electron chi connectivity index (χ0n) is 9.15. The minimum Gasteiger partial charge on any atom is -0.481 e. The van der Waals surface area contributed by atoms with Gasteiger partial charge in [0.1, 0.15) is 6.54 Å². The van der Waals surface area contributed by atoms with Crippen LogP contribution in [-0.2, 0) is 11.3 Å². The van der Waals surface area contributed by atoms with Gasteiger partial charge in [0, 0.05) is 25.0 Å². The third-order valence-corrected chi connectivity index (χ3v) is 2.36. The Balaban J connectivity index is 2.15. The van der Waals surface area contributed by atoms with Crippen LogP contribution in [0.5, 0.6) is 0 Å². The Morgan fingerprint density at radius 1 is 1.27 bits per heavy atom. The summed E-state index contributed by atoms with van der Waals surface area (Å²) in [5.74, 6) is -0.696. The van der Waals surface area contributed by atoms with Gasteiger partial charge in [0.25, 0.3) is 0 Å². The first-order valence-corrected chi connectivity index (χ1v) is 5.36. The van der Waals surface area contributed by atoms with Gasteiger partial charge in [0.05, 0.1) is 0 Å². The highest BCUT2D eigenvalue weighted by Crippen LogP contribution is 1.99. The monoisotopic (exact) mass is 208 g/mol. The van der Waals surface area contributed by atoms with E-state index in [1.165, 1.54) is 5.56 Å². The Morgan fingerprint density at radius 2 is 1.93 bits per heavy atom. The van der Waals surface area contributed by atoms with E-state index in [4.69, 9.17) is 5.11 Å². The van der Waals surface area contributed by atoms with Gasteiger partial charge < -0.3 is 5.11 Å². The molecule has 0 aliphatic rings. The summed E-state index contributed by atoms with van der Waals surface area (Å²) in [5.41, 5.74) is 1.26. The van der Waals surface area contributed by atoms with Gasteiger partial charge >= 0.3 is 5.97 Å². The number of aliphatic carboxylic acids is 1. The second-order valence-corrected chi connectivity index (χ2v) is 3.82. The minimum atomic E-state index is -0.696. The van der Waals surface area contributed by atoms with Crippen molar-refractivity contribution in [2.24, 2.45) is 0 Å². The van der Waals surface area contributed by atoms with Crippen molar-refractivity contribution in [3.05, 3.63) is 30.1 Å². The summed E-state index contributed by atoms with van der Waals surface area (Å²) >= 11 is 0. The summed E-state index contributed by atoms with van der Waals surface area (Å²) in [6.45, 7) is 3.04. The van der Waals surface area contributed by atoms with Crippen LogP contribution < -0.4 is 4.57 Å². The molecule has 3 heteroatoms. The molecule has 0 spiro atoms. The number of hydrogen-bond acceptors (Lipinski definition) is 1. The Morgan fingerprint density at radius 3 is 2.53 bits per heavy atom. The first-order chi connectivity index (χ1) is 7.18. The quantitative estimate of drug-likeness (QED) is 0.573. The maximum Gasteiger partial charge on any atom is 0.303 e. The molecule has 0 saturated carbocycles. The highest BCUT2D eigenvalue weighted by atomic mass is 16.4. The van der Waals surface area contributed by atoms with Gasteiger partial charge in [0.2, 0.25) is 0 Å². The van der Waals surface area contributed by atoms with Crippen molar-refractivity contribution in [2.45, 2.75) is 39.2 Å². The fourth-order valence-electron chi connectivity index (χ4n) is 1.43. The molecule has 0 aliphatic heterocycles. The molecule has 15 heavy (non-hydrogen) atoms. The average Bonchev–Trinajstić information content (AvgIpc) is 2.20. The third-order valence-electron chi connectivity index (χ3n) is 2.36. The molecule has 0 radical (unpaired) electrons. The standard InChI is InChI=1S/C12H17NO2/c1-11-6-9-13(10-7-11)8-4-2-3-5-12(14)15/h6-7,9-10H,2-5,8H2,1H3/p+1. The van der Waals surface area contributed by atoms with Crippen LogP contribution in [-0.4, -0.2) is 11.1 Å². The molecule has 1 aromatic heterocycles. The molecule has 0 unspecified atom stereocenters. The lowest BCUT2D eigenvalue weighted by Crippen LogP contribution is -2.32. The molecule has 0 saturated heterocycles. The van der Waals surface area contributed by atoms with E-state index >= 15 is 0 Å². The van der Waals surface area contributed by atoms with Crippen LogP contribution in [0.3, 0.4) is 0 Å². The van der Waals surface area contributed by atoms with E-state index in [9.17, 15) is 4.79 Å². The van der Waals surface area contributed by atoms with Crippen molar-refractivity contribution in [3.8, 4) is 0 Å². The van der Waals surface area contributed by atoms with E-state index in [2.05, 4.69) is 36.0 Å². The number of aryl methyl sites for hydroxylation is 2. The van der Waals surface area contributed by atoms with Crippen molar-refractivity contribution in [3.63, 3.8) is 0 Å². The lowest BCUT2D eigenvalue weighted by Gasteiger charge is -1.97. The number of nitrogens with zero attached hydrogens (tertiary/aromatic N) is 1. The van der Waals surface area contributed by atoms with E-state index in [0.717, 1.165) is 25.8 Å². The number of rotatable bonds is 6. The lowest BCUT2D eigenvalue weighted by molar-refractivity contribution is -0.697. The number of aromatic nitrogens is 1. The first-order valence-electron chi connectivity index (χ1n) is 5.36. The van der Waals surface area contributed by atoms with Gasteiger partial charge in [-0.2, -0.15) is 0 Å². The summed E-state index contributed by atoms with van der Waals surface area (Å²) in [7, 11) is 0. The molecule has 0 fully saturated rings. The van der Waals surface area contributed by atoms with E-state index < -0.39 is 5.97 Å². The lowest BCUT2D eigenvalue weighted by atomic mass is 10.2. The summed E-state index contributed by atoms with van der Waals surface area (Å²) in [4.78, 5) is 10.3. The number of hydrogen-bond donors (Lipinski definition) is 1. The van der Waals surface area contributed by atoms with Gasteiger partial charge in [-0.3, -0.25) is 4.79 Å². The topological polar surface area (TPSA) is 41.2 Å². The van der Waals surface area contributed by atoms with Gasteiger partial charge in [-0.1, -0.05) is 0 Å². The van der Waals surface area contributed by atoms with Crippen LogP contribution in [0, 0.1) is 6.92 Å². The summed E-state index contributed by atoms with van der Waals surface area (Å²) < 4.78 is 2.13. The second kappa shape index (κ2) is 6.17. The zero-order chi connectivity index (χ0) is 11.1. The number of carboxylic acid groups (broad SMARTS) is 1. The number of pyridine rings is 1. The molecule has 0 aliphatic carbocycles. The summed E-state index contributed by atoms with van der Waals surface area (Å²) in [5, 5.41) is 8.46. The van der Waals surface area contributed by atoms with Gasteiger partial charge in [-0.25, -0.2) is 4.57 Å². The fraction of sp³-hybridized carbons (Fsp3) is 0.500. The molecule has 0 atom stereocenters. The highest BCUT2D eigenvalue weighted by Gasteiger charge is 2.00. The molecule has 0 amide bonds. The number of unbranched alkanes of at least 4 members (excludes halogenated alkanes) is 2. The van der Waals surface area contributed by atoms with Crippen molar-refractivity contribution in [1.82, 2.24) is 0 Å². The SMILES string of the molecule is Cc1cc[n+](CCCCCC(=O)O)cc1. The largest absolute Gasteiger partial charge is 0.481 e. The molecule has 0 aromatic carbocycles. The molecule has 1 rings (SSSR count). The Bertz CT molecular complexity index is 306. The molecule has 1 heterocycles. The van der Waals surface area contributed by atoms with E-state index in [1.807, 2.05) is 0 Å². The van der Waals surface area contributed by atoms with Crippen LogP contribution in [0.2, 0.25) is 0 Å². The van der Waals surface area contributed by atoms with E-state index in [1.54, 1.807) is 0 Å². The van der Waals surface area contributed by atoms with Crippen LogP contribution in [0.25, 0.3) is 0 Å². The average molecular weight is 208 g/mol. The van der Waals surface area contributed by atoms with Crippen LogP contribution >= 0.6 is 0 Å². The van der Waals surface area contributed by atoms with Crippen molar-refractivity contribution in [1.29, 1.82) is 0 Å².